The molecule has 0 bridgehead atoms. The van der Waals surface area contributed by atoms with Gasteiger partial charge in [-0.25, -0.2) is 0 Å². The lowest BCUT2D eigenvalue weighted by molar-refractivity contribution is -0.425. The van der Waals surface area contributed by atoms with E-state index < -0.39 is 0 Å². The van der Waals surface area contributed by atoms with E-state index in [0.717, 1.165) is 11.1 Å². The molecule has 0 atom stereocenters. The van der Waals surface area contributed by atoms with Crippen LogP contribution in [0.1, 0.15) is 11.1 Å². The molecule has 96 valence electrons. The Morgan fingerprint density at radius 3 is 2.53 bits per heavy atom. The van der Waals surface area contributed by atoms with Crippen LogP contribution in [0.3, 0.4) is 0 Å². The highest BCUT2D eigenvalue weighted by atomic mass is 35.5. The molecule has 2 aromatic carbocycles. The van der Waals surface area contributed by atoms with Crippen LogP contribution in [-0.4, -0.2) is 4.92 Å². The smallest absolute Gasteiger partial charge is 0.251 e. The molecule has 0 amide bonds. The van der Waals surface area contributed by atoms with Crippen LogP contribution in [0.25, 0.3) is 6.08 Å². The van der Waals surface area contributed by atoms with E-state index >= 15 is 0 Å². The zero-order valence-electron chi connectivity index (χ0n) is 10.1. The number of rotatable bonds is 4. The highest BCUT2D eigenvalue weighted by Gasteiger charge is 2.11. The van der Waals surface area contributed by atoms with Crippen molar-refractivity contribution in [1.29, 1.82) is 0 Å². The molecule has 4 heteroatoms. The fourth-order valence-corrected chi connectivity index (χ4v) is 1.96. The van der Waals surface area contributed by atoms with E-state index in [0.29, 0.717) is 11.4 Å². The third kappa shape index (κ3) is 3.93. The second-order valence-corrected chi connectivity index (χ2v) is 4.55. The summed E-state index contributed by atoms with van der Waals surface area (Å²) in [6.07, 6.45) is 1.85. The van der Waals surface area contributed by atoms with Crippen LogP contribution >= 0.6 is 11.6 Å². The molecule has 0 spiro atoms. The van der Waals surface area contributed by atoms with E-state index in [1.165, 1.54) is 0 Å². The van der Waals surface area contributed by atoms with Crippen molar-refractivity contribution >= 4 is 17.7 Å². The van der Waals surface area contributed by atoms with Gasteiger partial charge in [-0.1, -0.05) is 54.1 Å². The molecule has 0 saturated heterocycles. The first kappa shape index (κ1) is 13.3. The van der Waals surface area contributed by atoms with Crippen molar-refractivity contribution in [3.05, 3.63) is 86.6 Å². The Balaban J connectivity index is 2.28. The molecular weight excluding hydrogens is 262 g/mol. The van der Waals surface area contributed by atoms with Gasteiger partial charge in [0, 0.05) is 11.1 Å². The Kier molecular flexibility index (Phi) is 4.31. The molecule has 0 aromatic heterocycles. The summed E-state index contributed by atoms with van der Waals surface area (Å²) in [6.45, 7) is 0. The molecule has 0 radical (unpaired) electrons. The predicted molar refractivity (Wildman–Crippen MR) is 76.6 cm³/mol. The van der Waals surface area contributed by atoms with Gasteiger partial charge in [0.15, 0.2) is 0 Å². The number of benzene rings is 2. The van der Waals surface area contributed by atoms with Crippen LogP contribution in [-0.2, 0) is 6.42 Å². The number of allylic oxidation sites excluding steroid dienone is 1. The molecule has 2 rings (SSSR count). The van der Waals surface area contributed by atoms with Crippen molar-refractivity contribution in [2.75, 3.05) is 0 Å². The minimum Gasteiger partial charge on any atom is -0.259 e. The van der Waals surface area contributed by atoms with Crippen molar-refractivity contribution in [1.82, 2.24) is 0 Å². The third-order valence-corrected chi connectivity index (χ3v) is 2.88. The first-order valence-electron chi connectivity index (χ1n) is 5.79. The lowest BCUT2D eigenvalue weighted by atomic mass is 10.1. The third-order valence-electron chi connectivity index (χ3n) is 2.64. The normalized spacial score (nSPS) is 11.3. The zero-order chi connectivity index (χ0) is 13.7. The van der Waals surface area contributed by atoms with Gasteiger partial charge in [0.2, 0.25) is 0 Å². The van der Waals surface area contributed by atoms with Crippen LogP contribution in [0, 0.1) is 10.1 Å². The average molecular weight is 274 g/mol. The van der Waals surface area contributed by atoms with Crippen LogP contribution in [0.15, 0.2) is 60.3 Å². The SMILES string of the molecule is O=[N+]([O-])C(=Cc1cccc(Cl)c1)Cc1ccccc1. The average Bonchev–Trinajstić information content (AvgIpc) is 2.39. The molecule has 0 aliphatic heterocycles. The Bertz CT molecular complexity index is 609. The molecule has 2 aromatic rings. The summed E-state index contributed by atoms with van der Waals surface area (Å²) in [4.78, 5) is 10.7. The summed E-state index contributed by atoms with van der Waals surface area (Å²) < 4.78 is 0. The molecule has 0 fully saturated rings. The van der Waals surface area contributed by atoms with Crippen molar-refractivity contribution in [3.63, 3.8) is 0 Å². The summed E-state index contributed by atoms with van der Waals surface area (Å²) in [5, 5.41) is 11.7. The standard InChI is InChI=1S/C15H12ClNO2/c16-14-8-4-7-13(9-14)11-15(17(18)19)10-12-5-2-1-3-6-12/h1-9,11H,10H2. The van der Waals surface area contributed by atoms with Crippen molar-refractivity contribution in [2.45, 2.75) is 6.42 Å². The molecule has 0 N–H and O–H groups in total. The van der Waals surface area contributed by atoms with E-state index in [1.807, 2.05) is 30.3 Å². The van der Waals surface area contributed by atoms with E-state index in [-0.39, 0.29) is 10.6 Å². The molecule has 0 unspecified atom stereocenters. The van der Waals surface area contributed by atoms with Crippen LogP contribution < -0.4 is 0 Å². The van der Waals surface area contributed by atoms with Crippen LogP contribution in [0.2, 0.25) is 5.02 Å². The summed E-state index contributed by atoms with van der Waals surface area (Å²) in [5.74, 6) is 0. The number of nitro groups is 1. The quantitative estimate of drug-likeness (QED) is 0.619. The number of hydrogen-bond acceptors (Lipinski definition) is 2. The number of nitrogens with zero attached hydrogens (tertiary/aromatic N) is 1. The first-order valence-corrected chi connectivity index (χ1v) is 6.17. The topological polar surface area (TPSA) is 43.1 Å². The Hall–Kier alpha value is -2.13. The fraction of sp³-hybridized carbons (Fsp3) is 0.0667. The first-order chi connectivity index (χ1) is 9.15. The predicted octanol–water partition coefficient (Wildman–Crippen LogP) is 4.20. The minimum absolute atomic E-state index is 0.147. The van der Waals surface area contributed by atoms with E-state index in [4.69, 9.17) is 11.6 Å². The van der Waals surface area contributed by atoms with Gasteiger partial charge in [-0.05, 0) is 23.3 Å². The minimum atomic E-state index is -0.353. The van der Waals surface area contributed by atoms with Crippen LogP contribution in [0.4, 0.5) is 0 Å². The summed E-state index contributed by atoms with van der Waals surface area (Å²) in [5.41, 5.74) is 1.79. The van der Waals surface area contributed by atoms with Gasteiger partial charge in [0.25, 0.3) is 5.70 Å². The Morgan fingerprint density at radius 1 is 1.16 bits per heavy atom. The second kappa shape index (κ2) is 6.16. The Morgan fingerprint density at radius 2 is 1.89 bits per heavy atom. The Labute approximate surface area is 116 Å². The van der Waals surface area contributed by atoms with Gasteiger partial charge in [0.05, 0.1) is 11.3 Å². The summed E-state index contributed by atoms with van der Waals surface area (Å²) in [7, 11) is 0. The molecular formula is C15H12ClNO2. The number of halogens is 1. The van der Waals surface area contributed by atoms with Gasteiger partial charge in [-0.2, -0.15) is 0 Å². The molecule has 19 heavy (non-hydrogen) atoms. The van der Waals surface area contributed by atoms with Gasteiger partial charge in [-0.3, -0.25) is 10.1 Å². The summed E-state index contributed by atoms with van der Waals surface area (Å²) in [6, 6.07) is 16.4. The highest BCUT2D eigenvalue weighted by molar-refractivity contribution is 6.30. The van der Waals surface area contributed by atoms with Gasteiger partial charge < -0.3 is 0 Å². The lowest BCUT2D eigenvalue weighted by Gasteiger charge is -2.00. The maximum absolute atomic E-state index is 11.1. The van der Waals surface area contributed by atoms with Gasteiger partial charge >= 0.3 is 0 Å². The lowest BCUT2D eigenvalue weighted by Crippen LogP contribution is -2.02. The van der Waals surface area contributed by atoms with Crippen molar-refractivity contribution < 1.29 is 4.92 Å². The van der Waals surface area contributed by atoms with E-state index in [9.17, 15) is 10.1 Å². The summed E-state index contributed by atoms with van der Waals surface area (Å²) >= 11 is 5.87. The molecule has 0 aliphatic carbocycles. The highest BCUT2D eigenvalue weighted by Crippen LogP contribution is 2.16. The largest absolute Gasteiger partial charge is 0.259 e. The van der Waals surface area contributed by atoms with Gasteiger partial charge in [-0.15, -0.1) is 0 Å². The molecule has 3 nitrogen and oxygen atoms in total. The monoisotopic (exact) mass is 273 g/mol. The van der Waals surface area contributed by atoms with E-state index in [2.05, 4.69) is 0 Å². The van der Waals surface area contributed by atoms with E-state index in [1.54, 1.807) is 30.3 Å². The fourth-order valence-electron chi connectivity index (χ4n) is 1.76. The molecule has 0 saturated carbocycles. The second-order valence-electron chi connectivity index (χ2n) is 4.11. The van der Waals surface area contributed by atoms with Crippen LogP contribution in [0.5, 0.6) is 0 Å². The maximum atomic E-state index is 11.1. The molecule has 0 aliphatic rings. The van der Waals surface area contributed by atoms with Crippen molar-refractivity contribution in [3.8, 4) is 0 Å². The zero-order valence-corrected chi connectivity index (χ0v) is 10.9. The molecule has 0 heterocycles. The van der Waals surface area contributed by atoms with Gasteiger partial charge in [0.1, 0.15) is 0 Å². The van der Waals surface area contributed by atoms with Crippen molar-refractivity contribution in [2.24, 2.45) is 0 Å². The maximum Gasteiger partial charge on any atom is 0.251 e. The number of hydrogen-bond donors (Lipinski definition) is 0.